The molecule has 0 fully saturated rings. The van der Waals surface area contributed by atoms with E-state index in [2.05, 4.69) is 13.0 Å². The summed E-state index contributed by atoms with van der Waals surface area (Å²) in [5, 5.41) is 2.33. The van der Waals surface area contributed by atoms with Crippen molar-refractivity contribution in [1.29, 1.82) is 0 Å². The van der Waals surface area contributed by atoms with Gasteiger partial charge < -0.3 is 10.5 Å². The summed E-state index contributed by atoms with van der Waals surface area (Å²) < 4.78 is 5.65. The van der Waals surface area contributed by atoms with Gasteiger partial charge >= 0.3 is 0 Å². The fraction of sp³-hybridized carbons (Fsp3) is 0.286. The van der Waals surface area contributed by atoms with Crippen LogP contribution >= 0.6 is 0 Å². The minimum absolute atomic E-state index is 0.789. The van der Waals surface area contributed by atoms with Crippen molar-refractivity contribution in [2.24, 2.45) is 0 Å². The number of nitrogens with two attached hydrogens (primary N) is 1. The Hall–Kier alpha value is -1.70. The highest BCUT2D eigenvalue weighted by Gasteiger charge is 1.97. The highest BCUT2D eigenvalue weighted by Crippen LogP contribution is 2.22. The van der Waals surface area contributed by atoms with Gasteiger partial charge in [0.15, 0.2) is 0 Å². The fourth-order valence-corrected chi connectivity index (χ4v) is 1.67. The van der Waals surface area contributed by atoms with Crippen LogP contribution in [0.5, 0.6) is 5.75 Å². The predicted molar refractivity (Wildman–Crippen MR) is 68.8 cm³/mol. The molecule has 0 aliphatic rings. The summed E-state index contributed by atoms with van der Waals surface area (Å²) in [6, 6.07) is 12.0. The van der Waals surface area contributed by atoms with Crippen LogP contribution in [0.3, 0.4) is 0 Å². The Morgan fingerprint density at radius 1 is 1.06 bits per heavy atom. The van der Waals surface area contributed by atoms with Gasteiger partial charge in [0, 0.05) is 5.69 Å². The van der Waals surface area contributed by atoms with Crippen molar-refractivity contribution in [3.63, 3.8) is 0 Å². The number of fused-ring (bicyclic) bond motifs is 1. The molecule has 2 aromatic carbocycles. The summed E-state index contributed by atoms with van der Waals surface area (Å²) in [6.45, 7) is 2.95. The van der Waals surface area contributed by atoms with Gasteiger partial charge in [0.1, 0.15) is 5.75 Å². The second-order valence-corrected chi connectivity index (χ2v) is 3.97. The lowest BCUT2D eigenvalue weighted by Crippen LogP contribution is -1.96. The van der Waals surface area contributed by atoms with Gasteiger partial charge in [-0.2, -0.15) is 0 Å². The van der Waals surface area contributed by atoms with E-state index in [1.165, 1.54) is 5.39 Å². The molecule has 0 spiro atoms. The molecule has 0 saturated carbocycles. The van der Waals surface area contributed by atoms with E-state index in [9.17, 15) is 0 Å². The number of rotatable bonds is 4. The fourth-order valence-electron chi connectivity index (χ4n) is 1.67. The van der Waals surface area contributed by atoms with E-state index in [0.29, 0.717) is 0 Å². The monoisotopic (exact) mass is 215 g/mol. The molecule has 0 saturated heterocycles. The third-order valence-corrected chi connectivity index (χ3v) is 2.60. The molecule has 0 radical (unpaired) electrons. The van der Waals surface area contributed by atoms with E-state index < -0.39 is 0 Å². The van der Waals surface area contributed by atoms with Gasteiger partial charge in [0.25, 0.3) is 0 Å². The van der Waals surface area contributed by atoms with Gasteiger partial charge in [0.2, 0.25) is 0 Å². The minimum atomic E-state index is 0.789. The number of nitrogen functional groups attached to an aromatic ring is 1. The zero-order valence-electron chi connectivity index (χ0n) is 9.57. The quantitative estimate of drug-likeness (QED) is 0.624. The van der Waals surface area contributed by atoms with Gasteiger partial charge in [-0.1, -0.05) is 25.5 Å². The number of hydrogen-bond donors (Lipinski definition) is 1. The normalized spacial score (nSPS) is 10.6. The van der Waals surface area contributed by atoms with E-state index in [0.717, 1.165) is 36.3 Å². The molecule has 2 rings (SSSR count). The maximum atomic E-state index is 5.73. The third-order valence-electron chi connectivity index (χ3n) is 2.60. The SMILES string of the molecule is CCCCOc1ccc2cc(N)ccc2c1. The van der Waals surface area contributed by atoms with Crippen LogP contribution in [0.4, 0.5) is 5.69 Å². The molecule has 2 aromatic rings. The number of ether oxygens (including phenoxy) is 1. The first-order valence-electron chi connectivity index (χ1n) is 5.71. The lowest BCUT2D eigenvalue weighted by molar-refractivity contribution is 0.310. The van der Waals surface area contributed by atoms with Crippen LogP contribution in [0.25, 0.3) is 10.8 Å². The molecule has 0 unspecified atom stereocenters. The molecule has 0 bridgehead atoms. The first-order valence-corrected chi connectivity index (χ1v) is 5.71. The number of anilines is 1. The largest absolute Gasteiger partial charge is 0.494 e. The van der Waals surface area contributed by atoms with E-state index in [4.69, 9.17) is 10.5 Å². The Morgan fingerprint density at radius 2 is 1.81 bits per heavy atom. The zero-order chi connectivity index (χ0) is 11.4. The van der Waals surface area contributed by atoms with Crippen molar-refractivity contribution < 1.29 is 4.74 Å². The number of benzene rings is 2. The van der Waals surface area contributed by atoms with Crippen LogP contribution in [0.2, 0.25) is 0 Å². The Labute approximate surface area is 96.0 Å². The van der Waals surface area contributed by atoms with E-state index in [1.54, 1.807) is 0 Å². The number of hydrogen-bond acceptors (Lipinski definition) is 2. The Balaban J connectivity index is 2.20. The molecule has 0 aliphatic carbocycles. The third kappa shape index (κ3) is 2.45. The van der Waals surface area contributed by atoms with Crippen LogP contribution in [0.1, 0.15) is 19.8 Å². The number of unbranched alkanes of at least 4 members (excludes halogenated alkanes) is 1. The maximum absolute atomic E-state index is 5.73. The second-order valence-electron chi connectivity index (χ2n) is 3.97. The summed E-state index contributed by atoms with van der Waals surface area (Å²) in [5.41, 5.74) is 6.53. The lowest BCUT2D eigenvalue weighted by atomic mass is 10.1. The van der Waals surface area contributed by atoms with Crippen molar-refractivity contribution in [2.75, 3.05) is 12.3 Å². The van der Waals surface area contributed by atoms with E-state index in [-0.39, 0.29) is 0 Å². The van der Waals surface area contributed by atoms with Gasteiger partial charge in [-0.25, -0.2) is 0 Å². The summed E-state index contributed by atoms with van der Waals surface area (Å²) in [6.07, 6.45) is 2.25. The van der Waals surface area contributed by atoms with Crippen LogP contribution in [0, 0.1) is 0 Å². The van der Waals surface area contributed by atoms with Crippen molar-refractivity contribution in [3.8, 4) is 5.75 Å². The molecule has 2 heteroatoms. The average molecular weight is 215 g/mol. The molecule has 0 heterocycles. The molecule has 0 aromatic heterocycles. The van der Waals surface area contributed by atoms with Crippen LogP contribution in [0.15, 0.2) is 36.4 Å². The molecule has 0 aliphatic heterocycles. The molecule has 2 nitrogen and oxygen atoms in total. The average Bonchev–Trinajstić information content (AvgIpc) is 2.29. The summed E-state index contributed by atoms with van der Waals surface area (Å²) in [7, 11) is 0. The summed E-state index contributed by atoms with van der Waals surface area (Å²) >= 11 is 0. The van der Waals surface area contributed by atoms with Crippen molar-refractivity contribution in [2.45, 2.75) is 19.8 Å². The lowest BCUT2D eigenvalue weighted by Gasteiger charge is -2.06. The standard InChI is InChI=1S/C14H17NO/c1-2-3-8-16-14-7-5-11-9-13(15)6-4-12(11)10-14/h4-7,9-10H,2-3,8,15H2,1H3. The molecular weight excluding hydrogens is 198 g/mol. The van der Waals surface area contributed by atoms with Crippen molar-refractivity contribution in [3.05, 3.63) is 36.4 Å². The van der Waals surface area contributed by atoms with Gasteiger partial charge in [-0.05, 0) is 41.5 Å². The topological polar surface area (TPSA) is 35.2 Å². The molecule has 84 valence electrons. The van der Waals surface area contributed by atoms with Gasteiger partial charge in [0.05, 0.1) is 6.61 Å². The van der Waals surface area contributed by atoms with Crippen LogP contribution < -0.4 is 10.5 Å². The molecule has 0 amide bonds. The van der Waals surface area contributed by atoms with E-state index >= 15 is 0 Å². The summed E-state index contributed by atoms with van der Waals surface area (Å²) in [5.74, 6) is 0.936. The first kappa shape index (κ1) is 10.8. The molecule has 2 N–H and O–H groups in total. The first-order chi connectivity index (χ1) is 7.79. The predicted octanol–water partition coefficient (Wildman–Crippen LogP) is 3.60. The highest BCUT2D eigenvalue weighted by molar-refractivity contribution is 5.86. The smallest absolute Gasteiger partial charge is 0.119 e. The zero-order valence-corrected chi connectivity index (χ0v) is 9.57. The molecule has 16 heavy (non-hydrogen) atoms. The van der Waals surface area contributed by atoms with E-state index in [1.807, 2.05) is 30.3 Å². The Morgan fingerprint density at radius 3 is 2.62 bits per heavy atom. The highest BCUT2D eigenvalue weighted by atomic mass is 16.5. The Bertz CT molecular complexity index is 479. The maximum Gasteiger partial charge on any atom is 0.119 e. The van der Waals surface area contributed by atoms with Gasteiger partial charge in [-0.3, -0.25) is 0 Å². The summed E-state index contributed by atoms with van der Waals surface area (Å²) in [4.78, 5) is 0. The van der Waals surface area contributed by atoms with Crippen molar-refractivity contribution in [1.82, 2.24) is 0 Å². The minimum Gasteiger partial charge on any atom is -0.494 e. The second kappa shape index (κ2) is 4.88. The van der Waals surface area contributed by atoms with Gasteiger partial charge in [-0.15, -0.1) is 0 Å². The van der Waals surface area contributed by atoms with Crippen LogP contribution in [-0.4, -0.2) is 6.61 Å². The Kier molecular flexibility index (Phi) is 3.30. The molecule has 0 atom stereocenters. The van der Waals surface area contributed by atoms with Crippen molar-refractivity contribution >= 4 is 16.5 Å². The van der Waals surface area contributed by atoms with Crippen LogP contribution in [-0.2, 0) is 0 Å². The molecular formula is C14H17NO.